The van der Waals surface area contributed by atoms with Crippen molar-refractivity contribution in [2.45, 2.75) is 84.2 Å². The summed E-state index contributed by atoms with van der Waals surface area (Å²) in [5.74, 6) is -1.08. The molecule has 0 saturated heterocycles. The van der Waals surface area contributed by atoms with Gasteiger partial charge in [0.2, 0.25) is 5.91 Å². The van der Waals surface area contributed by atoms with Gasteiger partial charge >= 0.3 is 18.0 Å². The summed E-state index contributed by atoms with van der Waals surface area (Å²) in [5.41, 5.74) is 1.86. The average Bonchev–Trinajstić information content (AvgIpc) is 3.03. The molecule has 3 amide bonds. The van der Waals surface area contributed by atoms with Crippen LogP contribution in [0.3, 0.4) is 0 Å². The number of methoxy groups -OCH3 is 1. The number of esters is 2. The Hall–Kier alpha value is -4.86. The van der Waals surface area contributed by atoms with Crippen LogP contribution in [-0.2, 0) is 43.3 Å². The summed E-state index contributed by atoms with van der Waals surface area (Å²) in [6.45, 7) is 9.51. The predicted octanol–water partition coefficient (Wildman–Crippen LogP) is 5.13. The molecule has 3 aromatic rings. The molecule has 0 aliphatic carbocycles. The standard InChI is InChI=1S/C37H47N3O7/c1-25(2)21-30(39-36(44)40-31(34(42)45-6)22-26-13-9-7-10-14-26)33(41)38-32(35(43)47-37(3,4)5)23-27-17-19-29(20-18-27)46-24-28-15-11-8-12-16-28/h7-20,25,30-32H,21-24H2,1-6H3,(H,38,41)(H2,39,40,44). The van der Waals surface area contributed by atoms with Crippen LogP contribution in [0.4, 0.5) is 4.79 Å². The van der Waals surface area contributed by atoms with Gasteiger partial charge in [0.25, 0.3) is 0 Å². The largest absolute Gasteiger partial charge is 0.489 e. The van der Waals surface area contributed by atoms with Crippen LogP contribution in [0.1, 0.15) is 57.7 Å². The Morgan fingerprint density at radius 2 is 1.17 bits per heavy atom. The fourth-order valence-electron chi connectivity index (χ4n) is 4.78. The summed E-state index contributed by atoms with van der Waals surface area (Å²) in [6, 6.07) is 22.6. The zero-order chi connectivity index (χ0) is 34.4. The van der Waals surface area contributed by atoms with Crippen LogP contribution < -0.4 is 20.7 Å². The average molecular weight is 646 g/mol. The van der Waals surface area contributed by atoms with Gasteiger partial charge in [-0.1, -0.05) is 86.6 Å². The van der Waals surface area contributed by atoms with Crippen molar-refractivity contribution in [2.24, 2.45) is 5.92 Å². The van der Waals surface area contributed by atoms with Crippen LogP contribution in [0.2, 0.25) is 0 Å². The summed E-state index contributed by atoms with van der Waals surface area (Å²) in [6.07, 6.45) is 0.649. The highest BCUT2D eigenvalue weighted by Gasteiger charge is 2.31. The molecule has 3 rings (SSSR count). The molecule has 0 heterocycles. The third kappa shape index (κ3) is 13.2. The Morgan fingerprint density at radius 3 is 1.70 bits per heavy atom. The Morgan fingerprint density at radius 1 is 0.660 bits per heavy atom. The lowest BCUT2D eigenvalue weighted by Crippen LogP contribution is -2.56. The van der Waals surface area contributed by atoms with Gasteiger partial charge in [0.1, 0.15) is 36.1 Å². The van der Waals surface area contributed by atoms with Crippen molar-refractivity contribution in [3.63, 3.8) is 0 Å². The number of ether oxygens (including phenoxy) is 3. The van der Waals surface area contributed by atoms with E-state index >= 15 is 0 Å². The van der Waals surface area contributed by atoms with Gasteiger partial charge in [-0.3, -0.25) is 4.79 Å². The molecule has 0 bridgehead atoms. The zero-order valence-corrected chi connectivity index (χ0v) is 28.1. The van der Waals surface area contributed by atoms with Gasteiger partial charge in [0, 0.05) is 12.8 Å². The van der Waals surface area contributed by atoms with Crippen LogP contribution >= 0.6 is 0 Å². The number of urea groups is 1. The summed E-state index contributed by atoms with van der Waals surface area (Å²) >= 11 is 0. The van der Waals surface area contributed by atoms with Gasteiger partial charge in [0.05, 0.1) is 7.11 Å². The van der Waals surface area contributed by atoms with Crippen LogP contribution in [-0.4, -0.2) is 54.7 Å². The van der Waals surface area contributed by atoms with E-state index in [0.717, 1.165) is 16.7 Å². The SMILES string of the molecule is COC(=O)C(Cc1ccccc1)NC(=O)NC(CC(C)C)C(=O)NC(Cc1ccc(OCc2ccccc2)cc1)C(=O)OC(C)(C)C. The number of nitrogens with one attached hydrogen (secondary N) is 3. The van der Waals surface area contributed by atoms with Gasteiger partial charge in [0.15, 0.2) is 0 Å². The van der Waals surface area contributed by atoms with Crippen molar-refractivity contribution < 1.29 is 33.4 Å². The summed E-state index contributed by atoms with van der Waals surface area (Å²) in [4.78, 5) is 52.6. The molecule has 0 fully saturated rings. The van der Waals surface area contributed by atoms with Gasteiger partial charge < -0.3 is 30.2 Å². The lowest BCUT2D eigenvalue weighted by Gasteiger charge is -2.27. The molecule has 0 aromatic heterocycles. The Balaban J connectivity index is 1.72. The Kier molecular flexibility index (Phi) is 13.8. The molecule has 0 aliphatic rings. The second-order valence-corrected chi connectivity index (χ2v) is 12.8. The molecule has 10 nitrogen and oxygen atoms in total. The van der Waals surface area contributed by atoms with Crippen molar-refractivity contribution in [1.82, 2.24) is 16.0 Å². The first kappa shape index (κ1) is 36.6. The lowest BCUT2D eigenvalue weighted by atomic mass is 10.0. The molecule has 252 valence electrons. The maximum atomic E-state index is 13.7. The molecule has 3 unspecified atom stereocenters. The number of rotatable bonds is 15. The first-order valence-electron chi connectivity index (χ1n) is 15.8. The van der Waals surface area contributed by atoms with Crippen molar-refractivity contribution in [2.75, 3.05) is 7.11 Å². The molecule has 10 heteroatoms. The molecule has 3 atom stereocenters. The fourth-order valence-corrected chi connectivity index (χ4v) is 4.78. The summed E-state index contributed by atoms with van der Waals surface area (Å²) < 4.78 is 16.4. The third-order valence-corrected chi connectivity index (χ3v) is 7.02. The molecule has 0 saturated carbocycles. The second kappa shape index (κ2) is 17.7. The van der Waals surface area contributed by atoms with E-state index in [1.165, 1.54) is 7.11 Å². The maximum Gasteiger partial charge on any atom is 0.329 e. The molecule has 0 aliphatic heterocycles. The Bertz CT molecular complexity index is 1440. The molecule has 0 radical (unpaired) electrons. The normalized spacial score (nSPS) is 13.1. The highest BCUT2D eigenvalue weighted by atomic mass is 16.6. The minimum Gasteiger partial charge on any atom is -0.489 e. The van der Waals surface area contributed by atoms with Crippen LogP contribution in [0.5, 0.6) is 5.75 Å². The number of amides is 3. The van der Waals surface area contributed by atoms with E-state index in [9.17, 15) is 19.2 Å². The second-order valence-electron chi connectivity index (χ2n) is 12.8. The smallest absolute Gasteiger partial charge is 0.329 e. The molecule has 3 N–H and O–H groups in total. The van der Waals surface area contributed by atoms with E-state index in [1.54, 1.807) is 20.8 Å². The number of carbonyl (C=O) groups is 4. The first-order chi connectivity index (χ1) is 22.3. The summed E-state index contributed by atoms with van der Waals surface area (Å²) in [7, 11) is 1.25. The molecular weight excluding hydrogens is 598 g/mol. The predicted molar refractivity (Wildman–Crippen MR) is 180 cm³/mol. The molecule has 47 heavy (non-hydrogen) atoms. The Labute approximate surface area is 277 Å². The molecule has 0 spiro atoms. The van der Waals surface area contributed by atoms with Crippen molar-refractivity contribution in [3.05, 3.63) is 102 Å². The van der Waals surface area contributed by atoms with Crippen molar-refractivity contribution in [1.29, 1.82) is 0 Å². The monoisotopic (exact) mass is 645 g/mol. The lowest BCUT2D eigenvalue weighted by molar-refractivity contribution is -0.158. The van der Waals surface area contributed by atoms with Crippen LogP contribution in [0, 0.1) is 5.92 Å². The van der Waals surface area contributed by atoms with E-state index in [-0.39, 0.29) is 25.2 Å². The minimum absolute atomic E-state index is 0.0233. The third-order valence-electron chi connectivity index (χ3n) is 7.02. The highest BCUT2D eigenvalue weighted by molar-refractivity contribution is 5.91. The topological polar surface area (TPSA) is 132 Å². The van der Waals surface area contributed by atoms with E-state index in [4.69, 9.17) is 14.2 Å². The van der Waals surface area contributed by atoms with E-state index in [1.807, 2.05) is 98.8 Å². The number of hydrogen-bond acceptors (Lipinski definition) is 7. The van der Waals surface area contributed by atoms with Gasteiger partial charge in [-0.2, -0.15) is 0 Å². The number of benzene rings is 3. The molecule has 3 aromatic carbocycles. The first-order valence-corrected chi connectivity index (χ1v) is 15.8. The molecular formula is C37H47N3O7. The number of hydrogen-bond donors (Lipinski definition) is 3. The quantitative estimate of drug-likeness (QED) is 0.195. The summed E-state index contributed by atoms with van der Waals surface area (Å²) in [5, 5.41) is 8.14. The van der Waals surface area contributed by atoms with Gasteiger partial charge in [-0.05, 0) is 61.9 Å². The van der Waals surface area contributed by atoms with Crippen LogP contribution in [0.15, 0.2) is 84.9 Å². The maximum absolute atomic E-state index is 13.7. The highest BCUT2D eigenvalue weighted by Crippen LogP contribution is 2.17. The van der Waals surface area contributed by atoms with Crippen LogP contribution in [0.25, 0.3) is 0 Å². The van der Waals surface area contributed by atoms with Crippen molar-refractivity contribution in [3.8, 4) is 5.75 Å². The van der Waals surface area contributed by atoms with E-state index in [0.29, 0.717) is 12.4 Å². The van der Waals surface area contributed by atoms with E-state index < -0.39 is 47.6 Å². The zero-order valence-electron chi connectivity index (χ0n) is 28.1. The minimum atomic E-state index is -1.03. The van der Waals surface area contributed by atoms with Gasteiger partial charge in [-0.15, -0.1) is 0 Å². The fraction of sp³-hybridized carbons (Fsp3) is 0.405. The van der Waals surface area contributed by atoms with Gasteiger partial charge in [-0.25, -0.2) is 14.4 Å². The van der Waals surface area contributed by atoms with E-state index in [2.05, 4.69) is 16.0 Å². The van der Waals surface area contributed by atoms with Crippen molar-refractivity contribution >= 4 is 23.9 Å². The number of carbonyl (C=O) groups excluding carboxylic acids is 4.